The van der Waals surface area contributed by atoms with Gasteiger partial charge < -0.3 is 0 Å². The minimum atomic E-state index is 0. The molecule has 0 radical (unpaired) electrons. The van der Waals surface area contributed by atoms with E-state index in [1.165, 1.54) is 38.0 Å². The van der Waals surface area contributed by atoms with Crippen LogP contribution in [0, 0.1) is 11.8 Å². The molecular formula is C18H42Br2P2. The van der Waals surface area contributed by atoms with Crippen LogP contribution in [-0.4, -0.2) is 37.0 Å². The third-order valence-electron chi connectivity index (χ3n) is 4.14. The molecule has 0 aromatic rings. The summed E-state index contributed by atoms with van der Waals surface area (Å²) in [5, 5.41) is 0. The Morgan fingerprint density at radius 3 is 1.14 bits per heavy atom. The van der Waals surface area contributed by atoms with E-state index in [9.17, 15) is 0 Å². The maximum atomic E-state index is 2.42. The van der Waals surface area contributed by atoms with E-state index in [1.54, 1.807) is 24.6 Å². The summed E-state index contributed by atoms with van der Waals surface area (Å²) in [4.78, 5) is 0. The molecule has 0 bridgehead atoms. The van der Waals surface area contributed by atoms with E-state index in [-0.39, 0.29) is 34.0 Å². The van der Waals surface area contributed by atoms with Crippen LogP contribution < -0.4 is 0 Å². The SMILES string of the molecule is Br.Br.CCP(CCCC(C)C)CCP(CC)CCCC(C)C. The number of rotatable bonds is 13. The monoisotopic (exact) mass is 478 g/mol. The standard InChI is InChI=1S/C18H40P2.2BrH/c1-7-19(13-9-11-17(3)4)15-16-20(8-2)14-10-12-18(5)6;;/h17-18H,7-16H2,1-6H3;2*1H. The van der Waals surface area contributed by atoms with Crippen molar-refractivity contribution in [3.8, 4) is 0 Å². The minimum absolute atomic E-state index is 0. The third-order valence-corrected chi connectivity index (χ3v) is 9.89. The van der Waals surface area contributed by atoms with Gasteiger partial charge in [-0.05, 0) is 61.6 Å². The zero-order chi connectivity index (χ0) is 15.4. The maximum Gasteiger partial charge on any atom is -0.0286 e. The average Bonchev–Trinajstić information content (AvgIpc) is 2.39. The molecule has 0 saturated heterocycles. The van der Waals surface area contributed by atoms with Gasteiger partial charge in [-0.2, -0.15) is 0 Å². The molecule has 0 rings (SSSR count). The topological polar surface area (TPSA) is 0 Å². The Kier molecular flexibility index (Phi) is 24.9. The predicted octanol–water partition coefficient (Wildman–Crippen LogP) is 8.02. The van der Waals surface area contributed by atoms with Crippen LogP contribution in [0.5, 0.6) is 0 Å². The second-order valence-electron chi connectivity index (χ2n) is 6.94. The lowest BCUT2D eigenvalue weighted by Crippen LogP contribution is -2.02. The Morgan fingerprint density at radius 1 is 0.591 bits per heavy atom. The van der Waals surface area contributed by atoms with Gasteiger partial charge >= 0.3 is 0 Å². The summed E-state index contributed by atoms with van der Waals surface area (Å²) >= 11 is 0. The van der Waals surface area contributed by atoms with Crippen molar-refractivity contribution in [2.24, 2.45) is 11.8 Å². The summed E-state index contributed by atoms with van der Waals surface area (Å²) in [7, 11) is 0.723. The molecule has 0 N–H and O–H groups in total. The van der Waals surface area contributed by atoms with Crippen molar-refractivity contribution in [1.82, 2.24) is 0 Å². The first-order valence-corrected chi connectivity index (χ1v) is 12.7. The van der Waals surface area contributed by atoms with Crippen molar-refractivity contribution in [3.05, 3.63) is 0 Å². The molecule has 0 saturated carbocycles. The van der Waals surface area contributed by atoms with Gasteiger partial charge in [0, 0.05) is 0 Å². The van der Waals surface area contributed by atoms with Crippen molar-refractivity contribution >= 4 is 49.8 Å². The molecule has 0 aromatic heterocycles. The van der Waals surface area contributed by atoms with Crippen LogP contribution >= 0.6 is 49.8 Å². The van der Waals surface area contributed by atoms with Gasteiger partial charge in [-0.1, -0.05) is 54.4 Å². The predicted molar refractivity (Wildman–Crippen MR) is 123 cm³/mol. The molecule has 0 aliphatic heterocycles. The van der Waals surface area contributed by atoms with Gasteiger partial charge in [-0.25, -0.2) is 0 Å². The van der Waals surface area contributed by atoms with Gasteiger partial charge in [-0.3, -0.25) is 0 Å². The number of halogens is 2. The molecule has 0 spiro atoms. The van der Waals surface area contributed by atoms with E-state index < -0.39 is 0 Å². The molecular weight excluding hydrogens is 438 g/mol. The summed E-state index contributed by atoms with van der Waals surface area (Å²) in [6, 6.07) is 0. The van der Waals surface area contributed by atoms with Crippen LogP contribution in [0.4, 0.5) is 0 Å². The molecule has 2 unspecified atom stereocenters. The fraction of sp³-hybridized carbons (Fsp3) is 1.00. The summed E-state index contributed by atoms with van der Waals surface area (Å²) < 4.78 is 0. The van der Waals surface area contributed by atoms with E-state index in [0.29, 0.717) is 15.8 Å². The van der Waals surface area contributed by atoms with Crippen molar-refractivity contribution in [2.45, 2.75) is 67.2 Å². The average molecular weight is 480 g/mol. The Morgan fingerprint density at radius 2 is 0.909 bits per heavy atom. The van der Waals surface area contributed by atoms with E-state index >= 15 is 0 Å². The molecule has 4 heteroatoms. The van der Waals surface area contributed by atoms with E-state index in [0.717, 1.165) is 11.8 Å². The van der Waals surface area contributed by atoms with Crippen LogP contribution in [0.3, 0.4) is 0 Å². The van der Waals surface area contributed by atoms with Gasteiger partial charge in [0.25, 0.3) is 0 Å². The van der Waals surface area contributed by atoms with Crippen molar-refractivity contribution in [3.63, 3.8) is 0 Å². The Labute approximate surface area is 165 Å². The molecule has 0 aromatic carbocycles. The molecule has 0 amide bonds. The highest BCUT2D eigenvalue weighted by Crippen LogP contribution is 2.43. The molecule has 0 fully saturated rings. The zero-order valence-corrected chi connectivity index (χ0v) is 21.2. The summed E-state index contributed by atoms with van der Waals surface area (Å²) in [5.74, 6) is 1.79. The van der Waals surface area contributed by atoms with Crippen LogP contribution in [-0.2, 0) is 0 Å². The highest BCUT2D eigenvalue weighted by molar-refractivity contribution is 8.93. The van der Waals surface area contributed by atoms with Gasteiger partial charge in [0.15, 0.2) is 0 Å². The lowest BCUT2D eigenvalue weighted by molar-refractivity contribution is 0.577. The number of hydrogen-bond acceptors (Lipinski definition) is 0. The van der Waals surface area contributed by atoms with Crippen molar-refractivity contribution < 1.29 is 0 Å². The largest absolute Gasteiger partial charge is 0.114 e. The molecule has 138 valence electrons. The molecule has 22 heavy (non-hydrogen) atoms. The fourth-order valence-electron chi connectivity index (χ4n) is 2.59. The van der Waals surface area contributed by atoms with E-state index in [2.05, 4.69) is 41.5 Å². The number of hydrogen-bond donors (Lipinski definition) is 0. The molecule has 0 aliphatic carbocycles. The normalized spacial score (nSPS) is 13.6. The first-order valence-electron chi connectivity index (χ1n) is 8.94. The van der Waals surface area contributed by atoms with Gasteiger partial charge in [-0.15, -0.1) is 49.8 Å². The highest BCUT2D eigenvalue weighted by Gasteiger charge is 2.11. The Balaban J connectivity index is -0.00000180. The van der Waals surface area contributed by atoms with Gasteiger partial charge in [0.05, 0.1) is 0 Å². The smallest absolute Gasteiger partial charge is 0.0286 e. The maximum absolute atomic E-state index is 2.42. The summed E-state index contributed by atoms with van der Waals surface area (Å²) in [5.41, 5.74) is 0. The first-order chi connectivity index (χ1) is 9.49. The van der Waals surface area contributed by atoms with Crippen LogP contribution in [0.25, 0.3) is 0 Å². The fourth-order valence-corrected chi connectivity index (χ4v) is 7.82. The molecule has 0 nitrogen and oxygen atoms in total. The molecule has 2 atom stereocenters. The van der Waals surface area contributed by atoms with E-state index in [1.807, 2.05) is 0 Å². The molecule has 0 heterocycles. The van der Waals surface area contributed by atoms with Crippen LogP contribution in [0.1, 0.15) is 67.2 Å². The summed E-state index contributed by atoms with van der Waals surface area (Å²) in [6.07, 6.45) is 15.0. The zero-order valence-electron chi connectivity index (χ0n) is 15.9. The highest BCUT2D eigenvalue weighted by atomic mass is 79.9. The third kappa shape index (κ3) is 18.2. The quantitative estimate of drug-likeness (QED) is 0.234. The minimum Gasteiger partial charge on any atom is -0.114 e. The van der Waals surface area contributed by atoms with Crippen molar-refractivity contribution in [1.29, 1.82) is 0 Å². The lowest BCUT2D eigenvalue weighted by Gasteiger charge is -2.21. The second kappa shape index (κ2) is 19.1. The summed E-state index contributed by atoms with van der Waals surface area (Å²) in [6.45, 7) is 14.3. The molecule has 0 aliphatic rings. The van der Waals surface area contributed by atoms with Crippen LogP contribution in [0.15, 0.2) is 0 Å². The van der Waals surface area contributed by atoms with E-state index in [4.69, 9.17) is 0 Å². The van der Waals surface area contributed by atoms with Gasteiger partial charge in [0.1, 0.15) is 0 Å². The lowest BCUT2D eigenvalue weighted by atomic mass is 10.1. The first kappa shape index (κ1) is 28.6. The van der Waals surface area contributed by atoms with Crippen molar-refractivity contribution in [2.75, 3.05) is 37.0 Å². The second-order valence-corrected chi connectivity index (χ2v) is 12.7. The Hall–Kier alpha value is 1.82. The van der Waals surface area contributed by atoms with Crippen LogP contribution in [0.2, 0.25) is 0 Å². The Bertz CT molecular complexity index is 189. The van der Waals surface area contributed by atoms with Gasteiger partial charge in [0.2, 0.25) is 0 Å².